The summed E-state index contributed by atoms with van der Waals surface area (Å²) in [5.41, 5.74) is 1.12. The smallest absolute Gasteiger partial charge is 0.257 e. The van der Waals surface area contributed by atoms with Gasteiger partial charge in [-0.3, -0.25) is 9.69 Å². The number of aliphatic hydroxyl groups is 1. The summed E-state index contributed by atoms with van der Waals surface area (Å²) in [6, 6.07) is 19.6. The Hall–Kier alpha value is -2.68. The zero-order valence-electron chi connectivity index (χ0n) is 17.7. The van der Waals surface area contributed by atoms with Crippen molar-refractivity contribution in [1.82, 2.24) is 10.2 Å². The van der Waals surface area contributed by atoms with E-state index in [1.165, 1.54) is 0 Å². The minimum Gasteiger partial charge on any atom is -0.375 e. The molecule has 5 rings (SSSR count). The van der Waals surface area contributed by atoms with E-state index in [9.17, 15) is 9.90 Å². The number of amides is 1. The number of hydrogen-bond donors (Lipinski definition) is 2. The third kappa shape index (κ3) is 3.75. The van der Waals surface area contributed by atoms with Crippen molar-refractivity contribution in [3.63, 3.8) is 0 Å². The highest BCUT2D eigenvalue weighted by molar-refractivity contribution is 5.87. The Morgan fingerprint density at radius 3 is 2.48 bits per heavy atom. The fourth-order valence-corrected chi connectivity index (χ4v) is 5.80. The van der Waals surface area contributed by atoms with Crippen molar-refractivity contribution in [3.8, 4) is 6.07 Å². The van der Waals surface area contributed by atoms with Crippen molar-refractivity contribution in [2.45, 2.75) is 43.9 Å². The van der Waals surface area contributed by atoms with Crippen molar-refractivity contribution in [2.75, 3.05) is 13.1 Å². The van der Waals surface area contributed by atoms with Crippen LogP contribution in [0.2, 0.25) is 0 Å². The maximum Gasteiger partial charge on any atom is 0.257 e. The summed E-state index contributed by atoms with van der Waals surface area (Å²) >= 11 is 0. The van der Waals surface area contributed by atoms with Gasteiger partial charge in [0.05, 0.1) is 11.6 Å². The number of carbonyl (C=O) groups excluding carboxylic acids is 1. The second kappa shape index (κ2) is 8.11. The molecule has 0 aromatic heterocycles. The number of nitrogens with zero attached hydrogens (tertiary/aromatic N) is 2. The van der Waals surface area contributed by atoms with E-state index in [1.54, 1.807) is 0 Å². The van der Waals surface area contributed by atoms with Crippen LogP contribution in [0.1, 0.15) is 42.4 Å². The van der Waals surface area contributed by atoms with Crippen LogP contribution in [0.25, 0.3) is 0 Å². The lowest BCUT2D eigenvalue weighted by Crippen LogP contribution is -2.50. The molecule has 3 aliphatic rings. The van der Waals surface area contributed by atoms with Crippen LogP contribution in [0.5, 0.6) is 0 Å². The third-order valence-corrected chi connectivity index (χ3v) is 7.54. The van der Waals surface area contributed by atoms with Gasteiger partial charge in [-0.15, -0.1) is 0 Å². The first-order valence-electron chi connectivity index (χ1n) is 11.4. The van der Waals surface area contributed by atoms with Crippen LogP contribution < -0.4 is 5.32 Å². The van der Waals surface area contributed by atoms with Crippen molar-refractivity contribution in [3.05, 3.63) is 71.3 Å². The predicted molar refractivity (Wildman–Crippen MR) is 118 cm³/mol. The fourth-order valence-electron chi connectivity index (χ4n) is 5.80. The van der Waals surface area contributed by atoms with Crippen molar-refractivity contribution in [1.29, 1.82) is 5.26 Å². The number of hydrogen-bond acceptors (Lipinski definition) is 4. The van der Waals surface area contributed by atoms with Crippen LogP contribution in [0, 0.1) is 29.1 Å². The number of rotatable bonds is 6. The minimum absolute atomic E-state index is 0.0163. The second-order valence-electron chi connectivity index (χ2n) is 9.45. The molecule has 2 aliphatic carbocycles. The Labute approximate surface area is 183 Å². The molecule has 2 N–H and O–H groups in total. The molecule has 1 amide bonds. The van der Waals surface area contributed by atoms with E-state index >= 15 is 0 Å². The third-order valence-electron chi connectivity index (χ3n) is 7.54. The average molecular weight is 416 g/mol. The summed E-state index contributed by atoms with van der Waals surface area (Å²) in [7, 11) is 0. The molecule has 2 saturated carbocycles. The number of benzene rings is 2. The molecule has 1 heterocycles. The summed E-state index contributed by atoms with van der Waals surface area (Å²) in [4.78, 5) is 15.8. The SMILES string of the molecule is N#Cc1cccc(CN2CC3C(NC(=O)C(O)(c4ccccc4)C4CCCC4)[C@H]3C2)c1. The molecule has 5 heteroatoms. The van der Waals surface area contributed by atoms with Crippen LogP contribution in [-0.2, 0) is 16.9 Å². The Morgan fingerprint density at radius 1 is 1.10 bits per heavy atom. The number of fused-ring (bicyclic) bond motifs is 1. The van der Waals surface area contributed by atoms with E-state index in [2.05, 4.69) is 22.4 Å². The van der Waals surface area contributed by atoms with Gasteiger partial charge in [-0.05, 0) is 47.9 Å². The molecule has 3 fully saturated rings. The lowest BCUT2D eigenvalue weighted by atomic mass is 9.79. The van der Waals surface area contributed by atoms with Gasteiger partial charge in [0.2, 0.25) is 0 Å². The summed E-state index contributed by atoms with van der Waals surface area (Å²) in [5, 5.41) is 23.9. The van der Waals surface area contributed by atoms with Crippen LogP contribution in [0.15, 0.2) is 54.6 Å². The van der Waals surface area contributed by atoms with E-state index in [-0.39, 0.29) is 17.9 Å². The highest BCUT2D eigenvalue weighted by Gasteiger charge is 2.58. The molecule has 0 bridgehead atoms. The largest absolute Gasteiger partial charge is 0.375 e. The fraction of sp³-hybridized carbons (Fsp3) is 0.462. The van der Waals surface area contributed by atoms with E-state index in [0.717, 1.165) is 50.9 Å². The first kappa shape index (κ1) is 20.2. The molecule has 0 radical (unpaired) electrons. The molecule has 160 valence electrons. The number of likely N-dealkylation sites (tertiary alicyclic amines) is 1. The minimum atomic E-state index is -1.44. The summed E-state index contributed by atoms with van der Waals surface area (Å²) in [6.07, 6.45) is 3.94. The van der Waals surface area contributed by atoms with Crippen LogP contribution in [0.4, 0.5) is 0 Å². The molecule has 5 nitrogen and oxygen atoms in total. The Morgan fingerprint density at radius 2 is 1.81 bits per heavy atom. The van der Waals surface area contributed by atoms with Crippen molar-refractivity contribution < 1.29 is 9.90 Å². The summed E-state index contributed by atoms with van der Waals surface area (Å²) in [5.74, 6) is 0.661. The van der Waals surface area contributed by atoms with Gasteiger partial charge in [0.25, 0.3) is 5.91 Å². The van der Waals surface area contributed by atoms with Gasteiger partial charge in [0.15, 0.2) is 5.60 Å². The maximum absolute atomic E-state index is 13.4. The molecule has 31 heavy (non-hydrogen) atoms. The van der Waals surface area contributed by atoms with Gasteiger partial charge < -0.3 is 10.4 Å². The molecular formula is C26H29N3O2. The number of piperidine rings is 1. The van der Waals surface area contributed by atoms with E-state index in [1.807, 2.05) is 48.5 Å². The summed E-state index contributed by atoms with van der Waals surface area (Å²) in [6.45, 7) is 2.72. The second-order valence-corrected chi connectivity index (χ2v) is 9.45. The molecule has 1 saturated heterocycles. The summed E-state index contributed by atoms with van der Waals surface area (Å²) < 4.78 is 0. The van der Waals surface area contributed by atoms with Crippen molar-refractivity contribution in [2.24, 2.45) is 17.8 Å². The van der Waals surface area contributed by atoms with Crippen LogP contribution >= 0.6 is 0 Å². The monoisotopic (exact) mass is 415 g/mol. The molecule has 3 unspecified atom stereocenters. The molecule has 0 spiro atoms. The number of nitriles is 1. The van der Waals surface area contributed by atoms with Gasteiger partial charge in [0.1, 0.15) is 0 Å². The van der Waals surface area contributed by atoms with Gasteiger partial charge in [-0.2, -0.15) is 5.26 Å². The first-order valence-corrected chi connectivity index (χ1v) is 11.4. The molecular weight excluding hydrogens is 386 g/mol. The van der Waals surface area contributed by atoms with E-state index in [0.29, 0.717) is 23.0 Å². The van der Waals surface area contributed by atoms with Crippen molar-refractivity contribution >= 4 is 5.91 Å². The lowest BCUT2D eigenvalue weighted by molar-refractivity contribution is -0.147. The zero-order valence-corrected chi connectivity index (χ0v) is 17.7. The predicted octanol–water partition coefficient (Wildman–Crippen LogP) is 3.18. The maximum atomic E-state index is 13.4. The Kier molecular flexibility index (Phi) is 5.29. The van der Waals surface area contributed by atoms with Crippen LogP contribution in [0.3, 0.4) is 0 Å². The quantitative estimate of drug-likeness (QED) is 0.760. The van der Waals surface area contributed by atoms with Gasteiger partial charge in [-0.25, -0.2) is 0 Å². The lowest BCUT2D eigenvalue weighted by Gasteiger charge is -2.33. The van der Waals surface area contributed by atoms with Crippen LogP contribution in [-0.4, -0.2) is 35.0 Å². The Balaban J connectivity index is 1.22. The highest BCUT2D eigenvalue weighted by Crippen LogP contribution is 2.47. The van der Waals surface area contributed by atoms with E-state index < -0.39 is 5.60 Å². The zero-order chi connectivity index (χ0) is 21.4. The number of carbonyl (C=O) groups is 1. The molecule has 2 aromatic carbocycles. The van der Waals surface area contributed by atoms with Gasteiger partial charge in [-0.1, -0.05) is 55.3 Å². The Bertz CT molecular complexity index is 983. The number of nitrogens with one attached hydrogen (secondary N) is 1. The molecule has 4 atom stereocenters. The van der Waals surface area contributed by atoms with Gasteiger partial charge >= 0.3 is 0 Å². The van der Waals surface area contributed by atoms with Gasteiger partial charge in [0, 0.05) is 31.6 Å². The first-order chi connectivity index (χ1) is 15.1. The molecule has 2 aromatic rings. The molecule has 1 aliphatic heterocycles. The highest BCUT2D eigenvalue weighted by atomic mass is 16.3. The van der Waals surface area contributed by atoms with E-state index in [4.69, 9.17) is 5.26 Å². The standard InChI is InChI=1S/C26H29N3O2/c27-14-18-7-6-8-19(13-18)15-29-16-22-23(17-29)24(22)28-25(30)26(31,21-11-4-5-12-21)20-9-2-1-3-10-20/h1-3,6-10,13,21-24,31H,4-5,11-12,15-17H2,(H,28,30)/t22-,23?,24?,26?/m0/s1. The normalized spacial score (nSPS) is 27.3. The topological polar surface area (TPSA) is 76.4 Å². The average Bonchev–Trinajstić information content (AvgIpc) is 3.21.